The number of halogens is 2. The van der Waals surface area contributed by atoms with Gasteiger partial charge in [-0.25, -0.2) is 8.78 Å². The molecule has 1 N–H and O–H groups in total. The number of nitrogens with one attached hydrogen (secondary N) is 1. The first-order valence-electron chi connectivity index (χ1n) is 7.20. The predicted molar refractivity (Wildman–Crippen MR) is 75.6 cm³/mol. The topological polar surface area (TPSA) is 21.3 Å². The minimum Gasteiger partial charge on any atom is -0.375 e. The molecule has 2 rings (SSSR count). The number of hydrogen-bond acceptors (Lipinski definition) is 2. The van der Waals surface area contributed by atoms with Crippen LogP contribution in [-0.4, -0.2) is 25.3 Å². The van der Waals surface area contributed by atoms with Gasteiger partial charge in [-0.2, -0.15) is 0 Å². The Morgan fingerprint density at radius 1 is 1.15 bits per heavy atom. The Morgan fingerprint density at radius 3 is 2.35 bits per heavy atom. The Morgan fingerprint density at radius 2 is 1.85 bits per heavy atom. The lowest BCUT2D eigenvalue weighted by molar-refractivity contribution is 0.0479. The fourth-order valence-corrected chi connectivity index (χ4v) is 3.34. The van der Waals surface area contributed by atoms with Crippen LogP contribution in [0.4, 0.5) is 8.78 Å². The molecule has 1 fully saturated rings. The molecule has 0 saturated carbocycles. The first-order chi connectivity index (χ1) is 9.43. The summed E-state index contributed by atoms with van der Waals surface area (Å²) in [6.07, 6.45) is 1.07. The van der Waals surface area contributed by atoms with Crippen LogP contribution in [0.2, 0.25) is 0 Å². The van der Waals surface area contributed by atoms with E-state index in [0.29, 0.717) is 18.3 Å². The van der Waals surface area contributed by atoms with Gasteiger partial charge in [-0.3, -0.25) is 0 Å². The van der Waals surface area contributed by atoms with Gasteiger partial charge in [0.05, 0.1) is 12.2 Å². The summed E-state index contributed by atoms with van der Waals surface area (Å²) in [6.45, 7) is 6.36. The van der Waals surface area contributed by atoms with Gasteiger partial charge >= 0.3 is 0 Å². The van der Waals surface area contributed by atoms with Gasteiger partial charge in [0, 0.05) is 12.0 Å². The first kappa shape index (κ1) is 15.4. The molecule has 1 heterocycles. The highest BCUT2D eigenvalue weighted by molar-refractivity contribution is 5.19. The molecular formula is C16H23F2NO. The Kier molecular flexibility index (Phi) is 4.76. The molecular weight excluding hydrogens is 260 g/mol. The summed E-state index contributed by atoms with van der Waals surface area (Å²) in [6, 6.07) is 4.32. The highest BCUT2D eigenvalue weighted by Crippen LogP contribution is 2.35. The Hall–Kier alpha value is -1.00. The molecule has 0 bridgehead atoms. The van der Waals surface area contributed by atoms with Gasteiger partial charge in [-0.05, 0) is 50.9 Å². The third-order valence-electron chi connectivity index (χ3n) is 4.59. The molecule has 20 heavy (non-hydrogen) atoms. The highest BCUT2D eigenvalue weighted by atomic mass is 19.2. The third-order valence-corrected chi connectivity index (χ3v) is 4.59. The quantitative estimate of drug-likeness (QED) is 0.916. The molecule has 1 aliphatic rings. The molecule has 4 heteroatoms. The predicted octanol–water partition coefficient (Wildman–Crippen LogP) is 3.15. The minimum atomic E-state index is -0.797. The summed E-state index contributed by atoms with van der Waals surface area (Å²) >= 11 is 0. The summed E-state index contributed by atoms with van der Waals surface area (Å²) < 4.78 is 32.2. The van der Waals surface area contributed by atoms with Crippen molar-refractivity contribution in [1.82, 2.24) is 5.32 Å². The van der Waals surface area contributed by atoms with Crippen LogP contribution in [0.15, 0.2) is 18.2 Å². The van der Waals surface area contributed by atoms with E-state index < -0.39 is 11.6 Å². The van der Waals surface area contributed by atoms with E-state index in [1.165, 1.54) is 12.1 Å². The summed E-state index contributed by atoms with van der Waals surface area (Å²) in [5.74, 6) is -0.778. The molecule has 0 radical (unpaired) electrons. The van der Waals surface area contributed by atoms with Crippen LogP contribution in [0.25, 0.3) is 0 Å². The van der Waals surface area contributed by atoms with Gasteiger partial charge in [-0.15, -0.1) is 0 Å². The number of rotatable bonds is 4. The van der Waals surface area contributed by atoms with Gasteiger partial charge in [0.1, 0.15) is 0 Å². The van der Waals surface area contributed by atoms with Gasteiger partial charge in [0.25, 0.3) is 0 Å². The molecule has 1 aliphatic heterocycles. The monoisotopic (exact) mass is 283 g/mol. The second kappa shape index (κ2) is 6.19. The maximum atomic E-state index is 13.3. The minimum absolute atomic E-state index is 0.169. The lowest BCUT2D eigenvalue weighted by Crippen LogP contribution is -2.41. The largest absolute Gasteiger partial charge is 0.375 e. The Balaban J connectivity index is 2.14. The van der Waals surface area contributed by atoms with E-state index in [0.717, 1.165) is 5.56 Å². The number of benzene rings is 1. The fourth-order valence-electron chi connectivity index (χ4n) is 3.34. The summed E-state index contributed by atoms with van der Waals surface area (Å²) in [5.41, 5.74) is 0.808. The van der Waals surface area contributed by atoms with Crippen molar-refractivity contribution in [1.29, 1.82) is 0 Å². The molecule has 112 valence electrons. The molecule has 1 aromatic rings. The van der Waals surface area contributed by atoms with Crippen molar-refractivity contribution in [3.63, 3.8) is 0 Å². The molecule has 5 unspecified atom stereocenters. The van der Waals surface area contributed by atoms with Crippen molar-refractivity contribution in [3.8, 4) is 0 Å². The normalized spacial score (nSPS) is 31.5. The maximum Gasteiger partial charge on any atom is 0.159 e. The average molecular weight is 283 g/mol. The van der Waals surface area contributed by atoms with Crippen LogP contribution in [0.3, 0.4) is 0 Å². The Labute approximate surface area is 119 Å². The van der Waals surface area contributed by atoms with Gasteiger partial charge in [0.15, 0.2) is 11.6 Å². The van der Waals surface area contributed by atoms with Crippen LogP contribution in [0.5, 0.6) is 0 Å². The zero-order valence-electron chi connectivity index (χ0n) is 12.5. The van der Waals surface area contributed by atoms with Crippen LogP contribution >= 0.6 is 0 Å². The van der Waals surface area contributed by atoms with Crippen molar-refractivity contribution >= 4 is 0 Å². The van der Waals surface area contributed by atoms with E-state index in [2.05, 4.69) is 26.1 Å². The standard InChI is InChI=1S/C16H23F2NO/c1-9-10(2)20-11(3)16(9)15(19-4)8-12-5-6-13(17)14(18)7-12/h5-7,9-11,15-16,19H,8H2,1-4H3. The van der Waals surface area contributed by atoms with Crippen LogP contribution < -0.4 is 5.32 Å². The van der Waals surface area contributed by atoms with E-state index in [1.54, 1.807) is 6.07 Å². The molecule has 2 nitrogen and oxygen atoms in total. The number of hydrogen-bond donors (Lipinski definition) is 1. The van der Waals surface area contributed by atoms with Crippen LogP contribution in [-0.2, 0) is 11.2 Å². The lowest BCUT2D eigenvalue weighted by Gasteiger charge is -2.29. The van der Waals surface area contributed by atoms with Crippen molar-refractivity contribution in [2.24, 2.45) is 11.8 Å². The van der Waals surface area contributed by atoms with E-state index >= 15 is 0 Å². The molecule has 0 aliphatic carbocycles. The zero-order chi connectivity index (χ0) is 14.9. The summed E-state index contributed by atoms with van der Waals surface area (Å²) in [7, 11) is 1.91. The summed E-state index contributed by atoms with van der Waals surface area (Å²) in [4.78, 5) is 0. The van der Waals surface area contributed by atoms with Gasteiger partial charge in [0.2, 0.25) is 0 Å². The Bertz CT molecular complexity index is 466. The molecule has 0 amide bonds. The molecule has 0 aromatic heterocycles. The number of ether oxygens (including phenoxy) is 1. The van der Waals surface area contributed by atoms with Crippen molar-refractivity contribution < 1.29 is 13.5 Å². The van der Waals surface area contributed by atoms with Crippen molar-refractivity contribution in [3.05, 3.63) is 35.4 Å². The van der Waals surface area contributed by atoms with Gasteiger partial charge < -0.3 is 10.1 Å². The smallest absolute Gasteiger partial charge is 0.159 e. The van der Waals surface area contributed by atoms with Crippen LogP contribution in [0.1, 0.15) is 26.3 Å². The zero-order valence-corrected chi connectivity index (χ0v) is 12.5. The maximum absolute atomic E-state index is 13.3. The van der Waals surface area contributed by atoms with E-state index in [9.17, 15) is 8.78 Å². The average Bonchev–Trinajstić information content (AvgIpc) is 2.65. The van der Waals surface area contributed by atoms with Gasteiger partial charge in [-0.1, -0.05) is 13.0 Å². The van der Waals surface area contributed by atoms with Crippen molar-refractivity contribution in [2.45, 2.75) is 45.4 Å². The van der Waals surface area contributed by atoms with E-state index in [1.807, 2.05) is 7.05 Å². The molecule has 0 spiro atoms. The SMILES string of the molecule is CNC(Cc1ccc(F)c(F)c1)C1C(C)OC(C)C1C. The van der Waals surface area contributed by atoms with Crippen molar-refractivity contribution in [2.75, 3.05) is 7.05 Å². The van der Waals surface area contributed by atoms with E-state index in [4.69, 9.17) is 4.74 Å². The molecule has 1 aromatic carbocycles. The highest BCUT2D eigenvalue weighted by Gasteiger charge is 2.41. The first-order valence-corrected chi connectivity index (χ1v) is 7.20. The second-order valence-corrected chi connectivity index (χ2v) is 5.83. The lowest BCUT2D eigenvalue weighted by atomic mass is 9.81. The molecule has 1 saturated heterocycles. The second-order valence-electron chi connectivity index (χ2n) is 5.83. The third kappa shape index (κ3) is 3.01. The van der Waals surface area contributed by atoms with E-state index in [-0.39, 0.29) is 18.2 Å². The fraction of sp³-hybridized carbons (Fsp3) is 0.625. The van der Waals surface area contributed by atoms with Crippen LogP contribution in [0, 0.1) is 23.5 Å². The summed E-state index contributed by atoms with van der Waals surface area (Å²) in [5, 5.41) is 3.31. The number of likely N-dealkylation sites (N-methyl/N-ethyl adjacent to an activating group) is 1. The molecule has 5 atom stereocenters.